The predicted molar refractivity (Wildman–Crippen MR) is 110 cm³/mol. The number of rotatable bonds is 5. The molecule has 0 radical (unpaired) electrons. The molecule has 0 saturated carbocycles. The second-order valence-corrected chi connectivity index (χ2v) is 8.91. The minimum Gasteiger partial charge on any atom is -0.481 e. The van der Waals surface area contributed by atoms with E-state index in [1.807, 2.05) is 22.6 Å². The molecule has 6 nitrogen and oxygen atoms in total. The zero-order valence-corrected chi connectivity index (χ0v) is 18.2. The van der Waals surface area contributed by atoms with Crippen LogP contribution in [0.1, 0.15) is 36.8 Å². The second kappa shape index (κ2) is 9.11. The lowest BCUT2D eigenvalue weighted by Crippen LogP contribution is -2.49. The highest BCUT2D eigenvalue weighted by Gasteiger charge is 2.45. The first kappa shape index (κ1) is 22.8. The molecule has 0 aliphatic carbocycles. The Bertz CT molecular complexity index is 807. The Morgan fingerprint density at radius 3 is 2.23 bits per heavy atom. The third-order valence-electron chi connectivity index (χ3n) is 5.72. The Morgan fingerprint density at radius 2 is 1.73 bits per heavy atom. The molecule has 0 bridgehead atoms. The van der Waals surface area contributed by atoms with Gasteiger partial charge in [-0.1, -0.05) is 34.7 Å². The number of hydrogen-bond donors (Lipinski definition) is 1. The summed E-state index contributed by atoms with van der Waals surface area (Å²) in [7, 11) is 0. The van der Waals surface area contributed by atoms with E-state index in [1.165, 1.54) is 12.1 Å². The van der Waals surface area contributed by atoms with Gasteiger partial charge in [0.2, 0.25) is 11.8 Å². The molecule has 2 saturated heterocycles. The number of amides is 2. The first-order valence-electron chi connectivity index (χ1n) is 9.70. The quantitative estimate of drug-likeness (QED) is 0.355. The molecule has 0 aromatic heterocycles. The van der Waals surface area contributed by atoms with E-state index >= 15 is 0 Å². The molecule has 1 aromatic rings. The fourth-order valence-electron chi connectivity index (χ4n) is 4.00. The number of aryl methyl sites for hydroxylation is 1. The van der Waals surface area contributed by atoms with E-state index in [1.54, 1.807) is 9.80 Å². The van der Waals surface area contributed by atoms with Crippen molar-refractivity contribution in [1.29, 1.82) is 0 Å². The molecule has 1 N–H and O–H groups in total. The number of aliphatic carboxylic acids is 1. The number of piperidine rings is 1. The zero-order chi connectivity index (χ0) is 22.1. The van der Waals surface area contributed by atoms with Crippen molar-refractivity contribution in [3.63, 3.8) is 0 Å². The standard InChI is InChI=1S/C20H22F3IN2O4/c21-20(22,23)13-4-1-12(2-5-13)3-6-16(27)25-9-7-14(8-10-25)26-17(28)11-15(18(26)24)19(29)30/h1-2,4-5,14-15,18H,3,6-11H2,(H,29,30). The third kappa shape index (κ3) is 5.06. The lowest BCUT2D eigenvalue weighted by atomic mass is 10.0. The van der Waals surface area contributed by atoms with Crippen molar-refractivity contribution < 1.29 is 32.7 Å². The topological polar surface area (TPSA) is 77.9 Å². The molecule has 2 fully saturated rings. The molecule has 2 aliphatic rings. The molecule has 1 aromatic carbocycles. The van der Waals surface area contributed by atoms with Crippen molar-refractivity contribution in [2.24, 2.45) is 5.92 Å². The molecule has 10 heteroatoms. The van der Waals surface area contributed by atoms with Crippen LogP contribution in [0.4, 0.5) is 13.2 Å². The third-order valence-corrected chi connectivity index (χ3v) is 7.19. The Balaban J connectivity index is 1.49. The lowest BCUT2D eigenvalue weighted by Gasteiger charge is -2.38. The summed E-state index contributed by atoms with van der Waals surface area (Å²) >= 11 is 2.01. The molecule has 2 atom stereocenters. The number of benzene rings is 1. The van der Waals surface area contributed by atoms with Crippen LogP contribution in [0.15, 0.2) is 24.3 Å². The summed E-state index contributed by atoms with van der Waals surface area (Å²) < 4.78 is 37.5. The summed E-state index contributed by atoms with van der Waals surface area (Å²) in [6.07, 6.45) is -2.63. The number of carbonyl (C=O) groups is 3. The van der Waals surface area contributed by atoms with E-state index in [4.69, 9.17) is 0 Å². The van der Waals surface area contributed by atoms with Crippen LogP contribution in [0.5, 0.6) is 0 Å². The molecule has 2 aliphatic heterocycles. The average Bonchev–Trinajstić information content (AvgIpc) is 3.00. The van der Waals surface area contributed by atoms with Gasteiger partial charge in [0, 0.05) is 32.0 Å². The van der Waals surface area contributed by atoms with E-state index in [2.05, 4.69) is 0 Å². The number of carbonyl (C=O) groups excluding carboxylic acids is 2. The number of likely N-dealkylation sites (tertiary alicyclic amines) is 2. The molecular formula is C20H22F3IN2O4. The van der Waals surface area contributed by atoms with Crippen molar-refractivity contribution in [2.45, 2.75) is 48.4 Å². The van der Waals surface area contributed by atoms with Crippen LogP contribution in [-0.4, -0.2) is 55.9 Å². The summed E-state index contributed by atoms with van der Waals surface area (Å²) in [5.74, 6) is -1.91. The monoisotopic (exact) mass is 538 g/mol. The Morgan fingerprint density at radius 1 is 1.13 bits per heavy atom. The highest BCUT2D eigenvalue weighted by Crippen LogP contribution is 2.35. The van der Waals surface area contributed by atoms with Gasteiger partial charge in [0.1, 0.15) is 0 Å². The number of carboxylic acid groups (broad SMARTS) is 1. The fraction of sp³-hybridized carbons (Fsp3) is 0.550. The van der Waals surface area contributed by atoms with Crippen LogP contribution >= 0.6 is 22.6 Å². The minimum atomic E-state index is -4.38. The number of halogens is 4. The number of carboxylic acids is 1. The van der Waals surface area contributed by atoms with E-state index < -0.39 is 23.6 Å². The molecule has 2 heterocycles. The largest absolute Gasteiger partial charge is 0.481 e. The Hall–Kier alpha value is -1.85. The molecular weight excluding hydrogens is 516 g/mol. The van der Waals surface area contributed by atoms with E-state index in [0.29, 0.717) is 37.9 Å². The van der Waals surface area contributed by atoms with Gasteiger partial charge in [-0.25, -0.2) is 0 Å². The maximum Gasteiger partial charge on any atom is 0.416 e. The highest BCUT2D eigenvalue weighted by molar-refractivity contribution is 14.1. The number of alkyl halides is 4. The van der Waals surface area contributed by atoms with Crippen LogP contribution in [0.2, 0.25) is 0 Å². The summed E-state index contributed by atoms with van der Waals surface area (Å²) in [5.41, 5.74) is -0.0452. The van der Waals surface area contributed by atoms with E-state index in [9.17, 15) is 32.7 Å². The van der Waals surface area contributed by atoms with E-state index in [0.717, 1.165) is 12.1 Å². The fourth-order valence-corrected chi connectivity index (χ4v) is 5.32. The average molecular weight is 538 g/mol. The van der Waals surface area contributed by atoms with Gasteiger partial charge in [-0.3, -0.25) is 14.4 Å². The Kier molecular flexibility index (Phi) is 6.93. The smallest absolute Gasteiger partial charge is 0.416 e. The molecule has 3 rings (SSSR count). The van der Waals surface area contributed by atoms with Crippen LogP contribution in [0, 0.1) is 5.92 Å². The second-order valence-electron chi connectivity index (χ2n) is 7.63. The van der Waals surface area contributed by atoms with Crippen molar-refractivity contribution in [2.75, 3.05) is 13.1 Å². The van der Waals surface area contributed by atoms with E-state index in [-0.39, 0.29) is 34.7 Å². The molecule has 164 valence electrons. The van der Waals surface area contributed by atoms with Crippen molar-refractivity contribution in [3.05, 3.63) is 35.4 Å². The molecule has 0 spiro atoms. The van der Waals surface area contributed by atoms with Crippen LogP contribution < -0.4 is 0 Å². The van der Waals surface area contributed by atoms with Gasteiger partial charge in [-0.05, 0) is 37.0 Å². The SMILES string of the molecule is O=C(O)C1CC(=O)N(C2CCN(C(=O)CCc3ccc(C(F)(F)F)cc3)CC2)C1I. The van der Waals surface area contributed by atoms with Gasteiger partial charge in [0.05, 0.1) is 15.5 Å². The van der Waals surface area contributed by atoms with Gasteiger partial charge in [-0.15, -0.1) is 0 Å². The zero-order valence-electron chi connectivity index (χ0n) is 16.1. The van der Waals surface area contributed by atoms with Crippen molar-refractivity contribution in [3.8, 4) is 0 Å². The molecule has 2 amide bonds. The first-order valence-corrected chi connectivity index (χ1v) is 10.9. The highest BCUT2D eigenvalue weighted by atomic mass is 127. The summed E-state index contributed by atoms with van der Waals surface area (Å²) in [4.78, 5) is 39.4. The Labute approximate surface area is 185 Å². The van der Waals surface area contributed by atoms with Gasteiger partial charge in [0.15, 0.2) is 0 Å². The molecule has 30 heavy (non-hydrogen) atoms. The minimum absolute atomic E-state index is 0.00914. The van der Waals surface area contributed by atoms with Crippen LogP contribution in [-0.2, 0) is 27.0 Å². The van der Waals surface area contributed by atoms with Gasteiger partial charge >= 0.3 is 12.1 Å². The maximum absolute atomic E-state index is 12.6. The predicted octanol–water partition coefficient (Wildman–Crippen LogP) is 3.32. The first-order chi connectivity index (χ1) is 14.1. The normalized spacial score (nSPS) is 23.1. The lowest BCUT2D eigenvalue weighted by molar-refractivity contribution is -0.142. The summed E-state index contributed by atoms with van der Waals surface area (Å²) in [5, 5.41) is 9.25. The van der Waals surface area contributed by atoms with Crippen molar-refractivity contribution in [1.82, 2.24) is 9.80 Å². The summed E-state index contributed by atoms with van der Waals surface area (Å²) in [6.45, 7) is 0.947. The van der Waals surface area contributed by atoms with Gasteiger partial charge < -0.3 is 14.9 Å². The van der Waals surface area contributed by atoms with Crippen molar-refractivity contribution >= 4 is 40.4 Å². The van der Waals surface area contributed by atoms with Gasteiger partial charge in [0.25, 0.3) is 0 Å². The van der Waals surface area contributed by atoms with Crippen LogP contribution in [0.3, 0.4) is 0 Å². The van der Waals surface area contributed by atoms with Gasteiger partial charge in [-0.2, -0.15) is 13.2 Å². The summed E-state index contributed by atoms with van der Waals surface area (Å²) in [6, 6.07) is 4.73. The number of hydrogen-bond acceptors (Lipinski definition) is 3. The number of nitrogens with zero attached hydrogens (tertiary/aromatic N) is 2. The maximum atomic E-state index is 12.6. The molecule has 2 unspecified atom stereocenters. The van der Waals surface area contributed by atoms with Crippen LogP contribution in [0.25, 0.3) is 0 Å².